The molecule has 0 unspecified atom stereocenters. The predicted molar refractivity (Wildman–Crippen MR) is 60.7 cm³/mol. The summed E-state index contributed by atoms with van der Waals surface area (Å²) in [6, 6.07) is 4.56. The van der Waals surface area contributed by atoms with E-state index in [-0.39, 0.29) is 5.69 Å². The molecule has 0 aliphatic heterocycles. The molecule has 8 heteroatoms. The van der Waals surface area contributed by atoms with Gasteiger partial charge in [0.25, 0.3) is 5.69 Å². The summed E-state index contributed by atoms with van der Waals surface area (Å²) >= 11 is 0. The average molecular weight is 232 g/mol. The van der Waals surface area contributed by atoms with E-state index in [1.165, 1.54) is 18.3 Å². The third-order valence-corrected chi connectivity index (χ3v) is 1.86. The molecule has 0 radical (unpaired) electrons. The first-order chi connectivity index (χ1) is 8.25. The number of rotatable bonds is 4. The van der Waals surface area contributed by atoms with Gasteiger partial charge in [-0.05, 0) is 12.1 Å². The fraction of sp³-hybridized carbons (Fsp3) is 0. The minimum Gasteiger partial charge on any atom is -0.285 e. The van der Waals surface area contributed by atoms with Crippen molar-refractivity contribution in [3.05, 3.63) is 46.4 Å². The summed E-state index contributed by atoms with van der Waals surface area (Å²) in [5.41, 5.74) is 3.23. The van der Waals surface area contributed by atoms with Crippen LogP contribution >= 0.6 is 0 Å². The Kier molecular flexibility index (Phi) is 3.05. The zero-order valence-electron chi connectivity index (χ0n) is 8.57. The van der Waals surface area contributed by atoms with Crippen LogP contribution in [0.5, 0.6) is 0 Å². The van der Waals surface area contributed by atoms with Gasteiger partial charge in [0.05, 0.1) is 11.1 Å². The molecule has 8 nitrogen and oxygen atoms in total. The van der Waals surface area contributed by atoms with Gasteiger partial charge in [-0.25, -0.2) is 4.98 Å². The molecule has 0 saturated heterocycles. The molecule has 0 fully saturated rings. The Morgan fingerprint density at radius 3 is 2.94 bits per heavy atom. The molecule has 0 spiro atoms. The Morgan fingerprint density at radius 1 is 1.47 bits per heavy atom. The van der Waals surface area contributed by atoms with Crippen molar-refractivity contribution < 1.29 is 4.92 Å². The maximum Gasteiger partial charge on any atom is 0.287 e. The van der Waals surface area contributed by atoms with E-state index in [9.17, 15) is 10.1 Å². The largest absolute Gasteiger partial charge is 0.287 e. The van der Waals surface area contributed by atoms with E-state index in [1.807, 2.05) is 0 Å². The van der Waals surface area contributed by atoms with E-state index in [1.54, 1.807) is 12.3 Å². The summed E-state index contributed by atoms with van der Waals surface area (Å²) in [4.78, 5) is 13.7. The van der Waals surface area contributed by atoms with Crippen molar-refractivity contribution >= 4 is 17.7 Å². The van der Waals surface area contributed by atoms with Gasteiger partial charge in [0.2, 0.25) is 0 Å². The van der Waals surface area contributed by atoms with Gasteiger partial charge >= 0.3 is 0 Å². The molecule has 17 heavy (non-hydrogen) atoms. The molecular weight excluding hydrogens is 224 g/mol. The lowest BCUT2D eigenvalue weighted by molar-refractivity contribution is -0.385. The molecule has 0 saturated carbocycles. The lowest BCUT2D eigenvalue weighted by Gasteiger charge is -1.97. The summed E-state index contributed by atoms with van der Waals surface area (Å²) in [7, 11) is 0. The summed E-state index contributed by atoms with van der Waals surface area (Å²) in [6.07, 6.45) is 4.33. The SMILES string of the molecule is O=[N+]([O-])c1ccc(N/N=C/c2cc[nH]n2)nc1. The Hall–Kier alpha value is -2.77. The van der Waals surface area contributed by atoms with Crippen LogP contribution in [0, 0.1) is 10.1 Å². The third kappa shape index (κ3) is 2.84. The maximum absolute atomic E-state index is 10.4. The molecule has 0 aliphatic rings. The highest BCUT2D eigenvalue weighted by molar-refractivity contribution is 5.77. The first-order valence-electron chi connectivity index (χ1n) is 4.65. The number of hydrazone groups is 1. The first-order valence-corrected chi connectivity index (χ1v) is 4.65. The van der Waals surface area contributed by atoms with Crippen LogP contribution in [-0.4, -0.2) is 26.3 Å². The number of pyridine rings is 1. The molecule has 2 aromatic rings. The smallest absolute Gasteiger partial charge is 0.285 e. The van der Waals surface area contributed by atoms with Gasteiger partial charge in [0.1, 0.15) is 17.7 Å². The summed E-state index contributed by atoms with van der Waals surface area (Å²) < 4.78 is 0. The number of anilines is 1. The van der Waals surface area contributed by atoms with Crippen LogP contribution in [-0.2, 0) is 0 Å². The van der Waals surface area contributed by atoms with E-state index in [0.29, 0.717) is 11.5 Å². The molecular formula is C9H8N6O2. The van der Waals surface area contributed by atoms with E-state index in [0.717, 1.165) is 6.20 Å². The van der Waals surface area contributed by atoms with Gasteiger partial charge in [-0.15, -0.1) is 0 Å². The predicted octanol–water partition coefficient (Wildman–Crippen LogP) is 1.16. The van der Waals surface area contributed by atoms with Gasteiger partial charge in [0, 0.05) is 12.3 Å². The van der Waals surface area contributed by atoms with Crippen LogP contribution in [0.15, 0.2) is 35.7 Å². The van der Waals surface area contributed by atoms with Gasteiger partial charge < -0.3 is 0 Å². The summed E-state index contributed by atoms with van der Waals surface area (Å²) in [5, 5.41) is 20.8. The Morgan fingerprint density at radius 2 is 2.35 bits per heavy atom. The number of hydrogen-bond donors (Lipinski definition) is 2. The van der Waals surface area contributed by atoms with E-state index >= 15 is 0 Å². The summed E-state index contributed by atoms with van der Waals surface area (Å²) in [6.45, 7) is 0. The molecule has 2 aromatic heterocycles. The molecule has 2 N–H and O–H groups in total. The second kappa shape index (κ2) is 4.84. The monoisotopic (exact) mass is 232 g/mol. The topological polar surface area (TPSA) is 109 Å². The van der Waals surface area contributed by atoms with Crippen LogP contribution in [0.1, 0.15) is 5.69 Å². The van der Waals surface area contributed by atoms with Crippen molar-refractivity contribution in [3.8, 4) is 0 Å². The van der Waals surface area contributed by atoms with E-state index in [2.05, 4.69) is 25.7 Å². The number of nitrogens with one attached hydrogen (secondary N) is 2. The summed E-state index contributed by atoms with van der Waals surface area (Å²) in [5.74, 6) is 0.419. The molecule has 0 aliphatic carbocycles. The number of nitrogens with zero attached hydrogens (tertiary/aromatic N) is 4. The minimum atomic E-state index is -0.510. The maximum atomic E-state index is 10.4. The van der Waals surface area contributed by atoms with Crippen LogP contribution in [0.2, 0.25) is 0 Å². The standard InChI is InChI=1S/C9H8N6O2/c16-15(17)8-1-2-9(10-6-8)14-12-5-7-3-4-11-13-7/h1-6H,(H,10,14)(H,11,13)/b12-5+. The lowest BCUT2D eigenvalue weighted by Crippen LogP contribution is -1.95. The van der Waals surface area contributed by atoms with Crippen molar-refractivity contribution in [2.75, 3.05) is 5.43 Å². The zero-order chi connectivity index (χ0) is 12.1. The molecule has 0 atom stereocenters. The number of aromatic nitrogens is 3. The Bertz CT molecular complexity index is 519. The van der Waals surface area contributed by atoms with E-state index in [4.69, 9.17) is 0 Å². The molecule has 86 valence electrons. The van der Waals surface area contributed by atoms with Crippen LogP contribution in [0.3, 0.4) is 0 Å². The van der Waals surface area contributed by atoms with Crippen LogP contribution < -0.4 is 5.43 Å². The van der Waals surface area contributed by atoms with Crippen molar-refractivity contribution in [3.63, 3.8) is 0 Å². The fourth-order valence-corrected chi connectivity index (χ4v) is 1.07. The first kappa shape index (κ1) is 10.7. The molecule has 2 rings (SSSR count). The highest BCUT2D eigenvalue weighted by atomic mass is 16.6. The van der Waals surface area contributed by atoms with Crippen molar-refractivity contribution in [1.29, 1.82) is 0 Å². The number of aromatic amines is 1. The van der Waals surface area contributed by atoms with Gasteiger partial charge in [-0.1, -0.05) is 0 Å². The number of H-pyrrole nitrogens is 1. The quantitative estimate of drug-likeness (QED) is 0.467. The van der Waals surface area contributed by atoms with Crippen LogP contribution in [0.4, 0.5) is 11.5 Å². The van der Waals surface area contributed by atoms with Crippen molar-refractivity contribution in [2.24, 2.45) is 5.10 Å². The average Bonchev–Trinajstić information content (AvgIpc) is 2.83. The highest BCUT2D eigenvalue weighted by Crippen LogP contribution is 2.11. The Balaban J connectivity index is 1.97. The second-order valence-corrected chi connectivity index (χ2v) is 3.03. The van der Waals surface area contributed by atoms with Crippen LogP contribution in [0.25, 0.3) is 0 Å². The van der Waals surface area contributed by atoms with Crippen molar-refractivity contribution in [2.45, 2.75) is 0 Å². The lowest BCUT2D eigenvalue weighted by atomic mass is 10.4. The molecule has 0 aromatic carbocycles. The molecule has 0 amide bonds. The highest BCUT2D eigenvalue weighted by Gasteiger charge is 2.04. The zero-order valence-corrected chi connectivity index (χ0v) is 8.57. The Labute approximate surface area is 95.5 Å². The van der Waals surface area contributed by atoms with Gasteiger partial charge in [-0.2, -0.15) is 10.2 Å². The van der Waals surface area contributed by atoms with Crippen molar-refractivity contribution in [1.82, 2.24) is 15.2 Å². The van der Waals surface area contributed by atoms with Gasteiger partial charge in [-0.3, -0.25) is 20.6 Å². The van der Waals surface area contributed by atoms with Gasteiger partial charge in [0.15, 0.2) is 0 Å². The third-order valence-electron chi connectivity index (χ3n) is 1.86. The normalized spacial score (nSPS) is 10.6. The van der Waals surface area contributed by atoms with E-state index < -0.39 is 4.92 Å². The number of hydrogen-bond acceptors (Lipinski definition) is 6. The second-order valence-electron chi connectivity index (χ2n) is 3.03. The molecule has 0 bridgehead atoms. The molecule has 2 heterocycles. The fourth-order valence-electron chi connectivity index (χ4n) is 1.07. The minimum absolute atomic E-state index is 0.0631. The number of nitro groups is 1.